The highest BCUT2D eigenvalue weighted by Crippen LogP contribution is 2.49. The molecule has 2 aliphatic carbocycles. The zero-order chi connectivity index (χ0) is 23.2. The topological polar surface area (TPSA) is 99.1 Å². The van der Waals surface area contributed by atoms with Crippen LogP contribution in [0.2, 0.25) is 0 Å². The van der Waals surface area contributed by atoms with Gasteiger partial charge in [0.2, 0.25) is 5.91 Å². The molecule has 2 unspecified atom stereocenters. The number of nitrogens with zero attached hydrogens (tertiary/aromatic N) is 1. The summed E-state index contributed by atoms with van der Waals surface area (Å²) < 4.78 is 67.9. The van der Waals surface area contributed by atoms with Gasteiger partial charge in [-0.15, -0.1) is 11.3 Å². The molecule has 6 nitrogen and oxygen atoms in total. The van der Waals surface area contributed by atoms with Crippen LogP contribution in [0.5, 0.6) is 0 Å². The van der Waals surface area contributed by atoms with Crippen molar-refractivity contribution < 1.29 is 26.4 Å². The second kappa shape index (κ2) is 7.86. The van der Waals surface area contributed by atoms with Gasteiger partial charge in [-0.2, -0.15) is 18.4 Å². The van der Waals surface area contributed by atoms with E-state index in [1.54, 1.807) is 30.3 Å². The van der Waals surface area contributed by atoms with Crippen molar-refractivity contribution in [1.82, 2.24) is 10.6 Å². The number of sulfone groups is 1. The van der Waals surface area contributed by atoms with Gasteiger partial charge in [0.25, 0.3) is 0 Å². The predicted molar refractivity (Wildman–Crippen MR) is 112 cm³/mol. The molecule has 2 aliphatic rings. The monoisotopic (exact) mass is 483 g/mol. The van der Waals surface area contributed by atoms with E-state index in [1.165, 1.54) is 17.5 Å². The lowest BCUT2D eigenvalue weighted by Gasteiger charge is -2.28. The molecule has 2 fully saturated rings. The summed E-state index contributed by atoms with van der Waals surface area (Å²) in [6, 6.07) is 10.8. The average Bonchev–Trinajstić information content (AvgIpc) is 3.61. The quantitative estimate of drug-likeness (QED) is 0.601. The third kappa shape index (κ3) is 4.40. The van der Waals surface area contributed by atoms with E-state index >= 15 is 0 Å². The number of halogens is 3. The van der Waals surface area contributed by atoms with E-state index in [0.717, 1.165) is 11.3 Å². The molecule has 0 radical (unpaired) electrons. The summed E-state index contributed by atoms with van der Waals surface area (Å²) in [5.74, 6) is -1.28. The molecule has 2 aromatic rings. The summed E-state index contributed by atoms with van der Waals surface area (Å²) in [5, 5.41) is 14.3. The molecule has 1 aromatic heterocycles. The second-order valence-corrected chi connectivity index (χ2v) is 11.4. The third-order valence-corrected chi connectivity index (χ3v) is 8.93. The van der Waals surface area contributed by atoms with Gasteiger partial charge in [-0.1, -0.05) is 36.4 Å². The summed E-state index contributed by atoms with van der Waals surface area (Å²) in [6.07, 6.45) is -4.30. The number of benzene rings is 1. The second-order valence-electron chi connectivity index (χ2n) is 8.24. The maximum Gasteiger partial charge on any atom is 0.408 e. The van der Waals surface area contributed by atoms with Crippen LogP contribution in [0.4, 0.5) is 13.2 Å². The SMILES string of the molecule is N#CC1(NC(=O)[C@@]2(NC(c3cccs3)C(F)(F)F)CC2S(=O)(=O)Cc2ccccc2)CC1. The Bertz CT molecular complexity index is 1140. The molecule has 1 aromatic carbocycles. The highest BCUT2D eigenvalue weighted by molar-refractivity contribution is 7.91. The van der Waals surface area contributed by atoms with Crippen molar-refractivity contribution in [2.24, 2.45) is 0 Å². The molecule has 11 heteroatoms. The fourth-order valence-corrected chi connectivity index (χ4v) is 6.74. The minimum atomic E-state index is -4.75. The highest BCUT2D eigenvalue weighted by Gasteiger charge is 2.69. The largest absolute Gasteiger partial charge is 0.408 e. The Hall–Kier alpha value is -2.42. The summed E-state index contributed by atoms with van der Waals surface area (Å²) in [5.41, 5.74) is -2.63. The normalized spacial score (nSPS) is 24.9. The molecular weight excluding hydrogens is 463 g/mol. The van der Waals surface area contributed by atoms with Gasteiger partial charge >= 0.3 is 6.18 Å². The Balaban J connectivity index is 1.66. The minimum Gasteiger partial charge on any atom is -0.336 e. The summed E-state index contributed by atoms with van der Waals surface area (Å²) in [4.78, 5) is 13.1. The summed E-state index contributed by atoms with van der Waals surface area (Å²) in [6.45, 7) is 0. The van der Waals surface area contributed by atoms with Crippen LogP contribution in [0.15, 0.2) is 47.8 Å². The predicted octanol–water partition coefficient (Wildman–Crippen LogP) is 3.24. The summed E-state index contributed by atoms with van der Waals surface area (Å²) in [7, 11) is -3.96. The van der Waals surface area contributed by atoms with E-state index in [2.05, 4.69) is 10.6 Å². The number of carbonyl (C=O) groups is 1. The van der Waals surface area contributed by atoms with Crippen molar-refractivity contribution in [3.05, 3.63) is 58.3 Å². The maximum atomic E-state index is 13.9. The van der Waals surface area contributed by atoms with E-state index in [4.69, 9.17) is 0 Å². The number of carbonyl (C=O) groups excluding carboxylic acids is 1. The van der Waals surface area contributed by atoms with E-state index in [0.29, 0.717) is 18.4 Å². The maximum absolute atomic E-state index is 13.9. The molecule has 0 saturated heterocycles. The molecule has 1 heterocycles. The lowest BCUT2D eigenvalue weighted by Crippen LogP contribution is -2.56. The van der Waals surface area contributed by atoms with Crippen LogP contribution in [-0.2, 0) is 20.4 Å². The molecule has 1 amide bonds. The third-order valence-electron chi connectivity index (χ3n) is 5.82. The first-order chi connectivity index (χ1) is 15.0. The van der Waals surface area contributed by atoms with Crippen LogP contribution in [0.1, 0.15) is 35.7 Å². The van der Waals surface area contributed by atoms with E-state index in [9.17, 15) is 31.6 Å². The fourth-order valence-electron chi connectivity index (χ4n) is 3.78. The van der Waals surface area contributed by atoms with Gasteiger partial charge in [0.05, 0.1) is 17.1 Å². The highest BCUT2D eigenvalue weighted by atomic mass is 32.2. The Morgan fingerprint density at radius 1 is 1.22 bits per heavy atom. The first kappa shape index (κ1) is 22.8. The van der Waals surface area contributed by atoms with Gasteiger partial charge in [-0.25, -0.2) is 8.42 Å². The number of alkyl halides is 3. The molecule has 2 saturated carbocycles. The Morgan fingerprint density at radius 3 is 2.44 bits per heavy atom. The van der Waals surface area contributed by atoms with Crippen molar-refractivity contribution in [3.8, 4) is 6.07 Å². The van der Waals surface area contributed by atoms with Crippen molar-refractivity contribution in [2.75, 3.05) is 0 Å². The van der Waals surface area contributed by atoms with E-state index < -0.39 is 50.0 Å². The summed E-state index contributed by atoms with van der Waals surface area (Å²) >= 11 is 0.863. The van der Waals surface area contributed by atoms with Gasteiger partial charge < -0.3 is 5.32 Å². The van der Waals surface area contributed by atoms with Crippen LogP contribution in [-0.4, -0.2) is 36.8 Å². The number of amides is 1. The zero-order valence-electron chi connectivity index (χ0n) is 16.7. The van der Waals surface area contributed by atoms with Crippen LogP contribution >= 0.6 is 11.3 Å². The van der Waals surface area contributed by atoms with Gasteiger partial charge in [0.1, 0.15) is 17.1 Å². The molecule has 170 valence electrons. The Morgan fingerprint density at radius 2 is 1.91 bits per heavy atom. The fraction of sp³-hybridized carbons (Fsp3) is 0.429. The first-order valence-corrected chi connectivity index (χ1v) is 12.5. The van der Waals surface area contributed by atoms with Crippen LogP contribution in [0, 0.1) is 11.3 Å². The van der Waals surface area contributed by atoms with Crippen LogP contribution in [0.25, 0.3) is 0 Å². The van der Waals surface area contributed by atoms with Gasteiger partial charge in [0, 0.05) is 4.88 Å². The van der Waals surface area contributed by atoms with Crippen LogP contribution in [0.3, 0.4) is 0 Å². The standard InChI is InChI=1S/C21H20F3N3O3S2/c22-21(23,24)17(15-7-4-10-31-15)26-20(18(28)27-19(13-25)8-9-19)11-16(20)32(29,30)12-14-5-2-1-3-6-14/h1-7,10,16-17,26H,8-9,11-12H2,(H,27,28)/t16?,17?,20-/m1/s1. The number of nitrogens with one attached hydrogen (secondary N) is 2. The lowest BCUT2D eigenvalue weighted by atomic mass is 10.1. The number of hydrogen-bond acceptors (Lipinski definition) is 6. The Labute approximate surface area is 187 Å². The average molecular weight is 484 g/mol. The number of hydrogen-bond donors (Lipinski definition) is 2. The van der Waals surface area contributed by atoms with Gasteiger partial charge in [-0.05, 0) is 36.3 Å². The molecular formula is C21H20F3N3O3S2. The molecule has 32 heavy (non-hydrogen) atoms. The molecule has 0 bridgehead atoms. The Kier molecular flexibility index (Phi) is 5.59. The lowest BCUT2D eigenvalue weighted by molar-refractivity contribution is -0.161. The molecule has 0 aliphatic heterocycles. The number of nitriles is 1. The van der Waals surface area contributed by atoms with Gasteiger partial charge in [-0.3, -0.25) is 10.1 Å². The molecule has 3 atom stereocenters. The first-order valence-electron chi connectivity index (χ1n) is 9.89. The van der Waals surface area contributed by atoms with Crippen LogP contribution < -0.4 is 10.6 Å². The minimum absolute atomic E-state index is 0.0720. The van der Waals surface area contributed by atoms with E-state index in [1.807, 2.05) is 6.07 Å². The van der Waals surface area contributed by atoms with Crippen molar-refractivity contribution in [1.29, 1.82) is 5.26 Å². The number of rotatable bonds is 8. The molecule has 0 spiro atoms. The zero-order valence-corrected chi connectivity index (χ0v) is 18.4. The smallest absolute Gasteiger partial charge is 0.336 e. The van der Waals surface area contributed by atoms with Gasteiger partial charge in [0.15, 0.2) is 9.84 Å². The number of thiophene rings is 1. The molecule has 2 N–H and O–H groups in total. The van der Waals surface area contributed by atoms with Crippen molar-refractivity contribution in [2.45, 2.75) is 53.6 Å². The van der Waals surface area contributed by atoms with Crippen molar-refractivity contribution in [3.63, 3.8) is 0 Å². The van der Waals surface area contributed by atoms with Crippen molar-refractivity contribution >= 4 is 27.1 Å². The van der Waals surface area contributed by atoms with E-state index in [-0.39, 0.29) is 11.3 Å². The molecule has 4 rings (SSSR count).